The van der Waals surface area contributed by atoms with Gasteiger partial charge in [-0.1, -0.05) is 63.2 Å². The maximum absolute atomic E-state index is 12.7. The zero-order valence-corrected chi connectivity index (χ0v) is 17.7. The third-order valence-corrected chi connectivity index (χ3v) is 5.56. The van der Waals surface area contributed by atoms with Gasteiger partial charge >= 0.3 is 0 Å². The number of methoxy groups -OCH3 is 1. The number of Topliss-reactive ketones (excluding diaryl/α,β-unsaturated/α-hetero) is 1. The van der Waals surface area contributed by atoms with Crippen molar-refractivity contribution in [3.63, 3.8) is 0 Å². The van der Waals surface area contributed by atoms with Gasteiger partial charge in [-0.25, -0.2) is 0 Å². The van der Waals surface area contributed by atoms with Crippen molar-refractivity contribution >= 4 is 17.4 Å². The number of carbonyl (C=O) groups excluding carboxylic acids is 2. The Bertz CT molecular complexity index is 1110. The Morgan fingerprint density at radius 3 is 2.07 bits per heavy atom. The van der Waals surface area contributed by atoms with E-state index in [0.717, 1.165) is 22.4 Å². The van der Waals surface area contributed by atoms with E-state index < -0.39 is 11.7 Å². The summed E-state index contributed by atoms with van der Waals surface area (Å²) in [6.45, 7) is 6.89. The van der Waals surface area contributed by atoms with Crippen LogP contribution < -0.4 is 9.64 Å². The Morgan fingerprint density at radius 1 is 0.833 bits per heavy atom. The van der Waals surface area contributed by atoms with Crippen LogP contribution in [0.4, 0.5) is 5.69 Å². The van der Waals surface area contributed by atoms with Gasteiger partial charge in [0.25, 0.3) is 11.7 Å². The van der Waals surface area contributed by atoms with Crippen LogP contribution in [0.1, 0.15) is 42.3 Å². The predicted molar refractivity (Wildman–Crippen MR) is 119 cm³/mol. The number of benzene rings is 3. The van der Waals surface area contributed by atoms with Crippen LogP contribution in [0.15, 0.2) is 66.7 Å². The van der Waals surface area contributed by atoms with Crippen LogP contribution in [0.25, 0.3) is 11.1 Å². The second-order valence-corrected chi connectivity index (χ2v) is 8.63. The van der Waals surface area contributed by atoms with Gasteiger partial charge in [-0.2, -0.15) is 0 Å². The number of ketones is 1. The molecule has 0 atom stereocenters. The SMILES string of the molecule is COc1ccc(CN2C(=O)C(=O)c3cc(-c4ccc(C(C)(C)C)cc4)ccc32)cc1. The van der Waals surface area contributed by atoms with E-state index in [1.165, 1.54) is 5.56 Å². The number of hydrogen-bond donors (Lipinski definition) is 0. The van der Waals surface area contributed by atoms with Gasteiger partial charge in [0, 0.05) is 0 Å². The molecule has 0 radical (unpaired) electrons. The Morgan fingerprint density at radius 2 is 1.47 bits per heavy atom. The zero-order chi connectivity index (χ0) is 21.5. The Kier molecular flexibility index (Phi) is 4.94. The number of ether oxygens (including phenoxy) is 1. The molecule has 0 saturated carbocycles. The molecule has 1 aliphatic rings. The molecule has 3 aromatic rings. The molecule has 4 heteroatoms. The van der Waals surface area contributed by atoms with Crippen molar-refractivity contribution < 1.29 is 14.3 Å². The number of fused-ring (bicyclic) bond motifs is 1. The van der Waals surface area contributed by atoms with Gasteiger partial charge in [-0.15, -0.1) is 0 Å². The molecule has 152 valence electrons. The molecule has 0 aromatic heterocycles. The molecule has 4 rings (SSSR count). The van der Waals surface area contributed by atoms with Crippen LogP contribution in [-0.4, -0.2) is 18.8 Å². The molecule has 0 fully saturated rings. The van der Waals surface area contributed by atoms with Crippen LogP contribution in [0.5, 0.6) is 5.75 Å². The summed E-state index contributed by atoms with van der Waals surface area (Å²) in [7, 11) is 1.61. The molecule has 4 nitrogen and oxygen atoms in total. The highest BCUT2D eigenvalue weighted by molar-refractivity contribution is 6.52. The molecule has 1 heterocycles. The summed E-state index contributed by atoms with van der Waals surface area (Å²) in [5, 5.41) is 0. The highest BCUT2D eigenvalue weighted by Gasteiger charge is 2.36. The fraction of sp³-hybridized carbons (Fsp3) is 0.231. The van der Waals surface area contributed by atoms with Crippen LogP contribution in [0.2, 0.25) is 0 Å². The summed E-state index contributed by atoms with van der Waals surface area (Å²) in [6, 6.07) is 21.5. The Labute approximate surface area is 177 Å². The van der Waals surface area contributed by atoms with Gasteiger partial charge in [-0.3, -0.25) is 9.59 Å². The lowest BCUT2D eigenvalue weighted by Gasteiger charge is -2.19. The lowest BCUT2D eigenvalue weighted by atomic mass is 9.86. The molecule has 30 heavy (non-hydrogen) atoms. The maximum Gasteiger partial charge on any atom is 0.299 e. The minimum atomic E-state index is -0.485. The molecule has 0 saturated heterocycles. The normalized spacial score (nSPS) is 13.5. The number of hydrogen-bond acceptors (Lipinski definition) is 3. The molecule has 0 N–H and O–H groups in total. The Hall–Kier alpha value is -3.40. The van der Waals surface area contributed by atoms with Gasteiger partial charge in [-0.05, 0) is 51.9 Å². The topological polar surface area (TPSA) is 46.6 Å². The molecular weight excluding hydrogens is 374 g/mol. The minimum Gasteiger partial charge on any atom is -0.497 e. The summed E-state index contributed by atoms with van der Waals surface area (Å²) < 4.78 is 5.18. The highest BCUT2D eigenvalue weighted by Crippen LogP contribution is 2.35. The molecule has 0 spiro atoms. The van der Waals surface area contributed by atoms with Gasteiger partial charge < -0.3 is 9.64 Å². The van der Waals surface area contributed by atoms with Crippen molar-refractivity contribution in [2.45, 2.75) is 32.7 Å². The lowest BCUT2D eigenvalue weighted by Crippen LogP contribution is -2.29. The second-order valence-electron chi connectivity index (χ2n) is 8.63. The summed E-state index contributed by atoms with van der Waals surface area (Å²) in [5.74, 6) is -0.183. The van der Waals surface area contributed by atoms with Crippen LogP contribution in [-0.2, 0) is 16.8 Å². The van der Waals surface area contributed by atoms with E-state index in [9.17, 15) is 9.59 Å². The van der Waals surface area contributed by atoms with E-state index in [0.29, 0.717) is 17.8 Å². The summed E-state index contributed by atoms with van der Waals surface area (Å²) in [6.07, 6.45) is 0. The standard InChI is InChI=1S/C26H25NO3/c1-26(2,3)20-10-7-18(8-11-20)19-9-14-23-22(15-19)24(28)25(29)27(23)16-17-5-12-21(30-4)13-6-17/h5-15H,16H2,1-4H3. The first-order valence-corrected chi connectivity index (χ1v) is 10.0. The predicted octanol–water partition coefficient (Wildman–Crippen LogP) is 5.39. The molecule has 0 unspecified atom stereocenters. The van der Waals surface area contributed by atoms with E-state index in [4.69, 9.17) is 4.74 Å². The minimum absolute atomic E-state index is 0.0841. The van der Waals surface area contributed by atoms with Crippen molar-refractivity contribution in [1.82, 2.24) is 0 Å². The number of amides is 1. The monoisotopic (exact) mass is 399 g/mol. The molecule has 1 aliphatic heterocycles. The first-order chi connectivity index (χ1) is 14.3. The largest absolute Gasteiger partial charge is 0.497 e. The molecule has 0 aliphatic carbocycles. The summed E-state index contributed by atoms with van der Waals surface area (Å²) in [5.41, 5.74) is 5.36. The maximum atomic E-state index is 12.7. The third kappa shape index (κ3) is 3.61. The number of rotatable bonds is 4. The van der Waals surface area contributed by atoms with Crippen molar-refractivity contribution in [3.8, 4) is 16.9 Å². The summed E-state index contributed by atoms with van der Waals surface area (Å²) in [4.78, 5) is 26.8. The van der Waals surface area contributed by atoms with Crippen molar-refractivity contribution in [2.75, 3.05) is 12.0 Å². The molecular formula is C26H25NO3. The van der Waals surface area contributed by atoms with Gasteiger partial charge in [0.15, 0.2) is 0 Å². The molecule has 1 amide bonds. The summed E-state index contributed by atoms with van der Waals surface area (Å²) >= 11 is 0. The average molecular weight is 399 g/mol. The van der Waals surface area contributed by atoms with Crippen molar-refractivity contribution in [2.24, 2.45) is 0 Å². The van der Waals surface area contributed by atoms with Gasteiger partial charge in [0.2, 0.25) is 0 Å². The second kappa shape index (κ2) is 7.45. The van der Waals surface area contributed by atoms with E-state index in [1.54, 1.807) is 12.0 Å². The van der Waals surface area contributed by atoms with Gasteiger partial charge in [0.05, 0.1) is 24.9 Å². The fourth-order valence-corrected chi connectivity index (χ4v) is 3.71. The third-order valence-electron chi connectivity index (χ3n) is 5.56. The van der Waals surface area contributed by atoms with E-state index >= 15 is 0 Å². The first-order valence-electron chi connectivity index (χ1n) is 10.0. The van der Waals surface area contributed by atoms with Crippen LogP contribution in [0, 0.1) is 0 Å². The first kappa shape index (κ1) is 19.9. The van der Waals surface area contributed by atoms with Gasteiger partial charge in [0.1, 0.15) is 5.75 Å². The lowest BCUT2D eigenvalue weighted by molar-refractivity contribution is -0.114. The smallest absolute Gasteiger partial charge is 0.299 e. The number of nitrogens with zero attached hydrogens (tertiary/aromatic N) is 1. The van der Waals surface area contributed by atoms with E-state index in [2.05, 4.69) is 45.0 Å². The van der Waals surface area contributed by atoms with Crippen molar-refractivity contribution in [1.29, 1.82) is 0 Å². The quantitative estimate of drug-likeness (QED) is 0.553. The average Bonchev–Trinajstić information content (AvgIpc) is 2.98. The molecule has 0 bridgehead atoms. The zero-order valence-electron chi connectivity index (χ0n) is 17.7. The Balaban J connectivity index is 1.63. The van der Waals surface area contributed by atoms with Crippen molar-refractivity contribution in [3.05, 3.63) is 83.4 Å². The fourth-order valence-electron chi connectivity index (χ4n) is 3.71. The van der Waals surface area contributed by atoms with Crippen LogP contribution >= 0.6 is 0 Å². The number of anilines is 1. The van der Waals surface area contributed by atoms with Crippen LogP contribution in [0.3, 0.4) is 0 Å². The van der Waals surface area contributed by atoms with E-state index in [-0.39, 0.29) is 5.41 Å². The number of carbonyl (C=O) groups is 2. The van der Waals surface area contributed by atoms with E-state index in [1.807, 2.05) is 42.5 Å². The highest BCUT2D eigenvalue weighted by atomic mass is 16.5. The molecule has 3 aromatic carbocycles.